The zero-order valence-electron chi connectivity index (χ0n) is 19.0. The lowest BCUT2D eigenvalue weighted by atomic mass is 9.99. The molecule has 36 heavy (non-hydrogen) atoms. The van der Waals surface area contributed by atoms with E-state index in [1.54, 1.807) is 11.0 Å². The zero-order chi connectivity index (χ0) is 26.0. The standard InChI is InChI=1S/C24H24ClF3N4O4/c25-20-17(19(10-29)21(26)30)2-1-3-18(20)22(33)31-8-9-32-13-24(34,35-12-15(32)11-31)14-4-6-16(7-5-14)36-23(27)28/h1-7,10,15,23,30,34H,8-9,11-13,29H2/b19-10-,30-21?/t15-,24-/m0/s1. The van der Waals surface area contributed by atoms with E-state index in [0.29, 0.717) is 25.2 Å². The van der Waals surface area contributed by atoms with Gasteiger partial charge in [-0.25, -0.2) is 0 Å². The number of morpholine rings is 1. The van der Waals surface area contributed by atoms with Crippen molar-refractivity contribution in [3.05, 3.63) is 70.4 Å². The Balaban J connectivity index is 1.45. The number of nitrogens with one attached hydrogen (secondary N) is 1. The third-order valence-electron chi connectivity index (χ3n) is 6.28. The lowest BCUT2D eigenvalue weighted by Gasteiger charge is -2.48. The molecule has 12 heteroatoms. The van der Waals surface area contributed by atoms with E-state index in [0.717, 1.165) is 6.20 Å². The van der Waals surface area contributed by atoms with E-state index in [1.165, 1.54) is 36.4 Å². The summed E-state index contributed by atoms with van der Waals surface area (Å²) in [7, 11) is 0. The summed E-state index contributed by atoms with van der Waals surface area (Å²) in [6, 6.07) is 9.93. The minimum absolute atomic E-state index is 0.00225. The summed E-state index contributed by atoms with van der Waals surface area (Å²) >= 11 is 6.40. The molecule has 2 aromatic rings. The third kappa shape index (κ3) is 5.19. The zero-order valence-corrected chi connectivity index (χ0v) is 19.7. The van der Waals surface area contributed by atoms with Crippen LogP contribution in [-0.4, -0.2) is 72.2 Å². The van der Waals surface area contributed by atoms with Gasteiger partial charge in [0.25, 0.3) is 5.91 Å². The lowest BCUT2D eigenvalue weighted by Crippen LogP contribution is -2.63. The Morgan fingerprint density at radius 3 is 2.58 bits per heavy atom. The topological polar surface area (TPSA) is 112 Å². The maximum Gasteiger partial charge on any atom is 0.387 e. The lowest BCUT2D eigenvalue weighted by molar-refractivity contribution is -0.265. The van der Waals surface area contributed by atoms with Crippen LogP contribution in [0, 0.1) is 5.41 Å². The number of alkyl halides is 2. The summed E-state index contributed by atoms with van der Waals surface area (Å²) in [6.07, 6.45) is 0.927. The number of rotatable bonds is 6. The number of ether oxygens (including phenoxy) is 2. The van der Waals surface area contributed by atoms with Crippen molar-refractivity contribution in [2.75, 3.05) is 32.8 Å². The number of aliphatic hydroxyl groups is 1. The van der Waals surface area contributed by atoms with Gasteiger partial charge >= 0.3 is 6.61 Å². The molecular weight excluding hydrogens is 501 g/mol. The second-order valence-corrected chi connectivity index (χ2v) is 8.81. The number of halogens is 4. The van der Waals surface area contributed by atoms with E-state index in [2.05, 4.69) is 4.74 Å². The molecular formula is C24H24ClF3N4O4. The monoisotopic (exact) mass is 524 g/mol. The molecule has 0 spiro atoms. The molecule has 4 N–H and O–H groups in total. The quantitative estimate of drug-likeness (QED) is 0.500. The van der Waals surface area contributed by atoms with Crippen molar-refractivity contribution in [3.63, 3.8) is 0 Å². The first-order valence-electron chi connectivity index (χ1n) is 11.0. The number of nitrogens with two attached hydrogens (primary N) is 1. The summed E-state index contributed by atoms with van der Waals surface area (Å²) in [6.45, 7) is -1.63. The molecule has 0 unspecified atom stereocenters. The molecule has 0 aliphatic carbocycles. The number of fused-ring (bicyclic) bond motifs is 1. The van der Waals surface area contributed by atoms with Gasteiger partial charge in [0.1, 0.15) is 5.75 Å². The molecule has 2 aliphatic rings. The summed E-state index contributed by atoms with van der Waals surface area (Å²) in [5, 5.41) is 18.3. The minimum atomic E-state index is -2.95. The number of hydrogen-bond donors (Lipinski definition) is 3. The number of carbonyl (C=O) groups is 1. The third-order valence-corrected chi connectivity index (χ3v) is 6.68. The van der Waals surface area contributed by atoms with E-state index < -0.39 is 18.4 Å². The second kappa shape index (κ2) is 10.5. The van der Waals surface area contributed by atoms with Crippen molar-refractivity contribution < 1.29 is 32.5 Å². The average Bonchev–Trinajstić information content (AvgIpc) is 2.84. The van der Waals surface area contributed by atoms with Gasteiger partial charge in [-0.3, -0.25) is 15.1 Å². The molecule has 0 radical (unpaired) electrons. The molecule has 4 rings (SSSR count). The maximum absolute atomic E-state index is 13.6. The molecule has 8 nitrogen and oxygen atoms in total. The van der Waals surface area contributed by atoms with Gasteiger partial charge in [-0.2, -0.15) is 13.2 Å². The number of nitrogens with zero attached hydrogens (tertiary/aromatic N) is 2. The fraction of sp³-hybridized carbons (Fsp3) is 0.333. The van der Waals surface area contributed by atoms with Crippen LogP contribution in [0.15, 0.2) is 48.7 Å². The molecule has 192 valence electrons. The van der Waals surface area contributed by atoms with Crippen LogP contribution in [0.1, 0.15) is 21.5 Å². The van der Waals surface area contributed by atoms with Gasteiger partial charge in [-0.1, -0.05) is 23.7 Å². The van der Waals surface area contributed by atoms with Crippen molar-refractivity contribution in [1.29, 1.82) is 5.41 Å². The minimum Gasteiger partial charge on any atom is -0.435 e. The van der Waals surface area contributed by atoms with Crippen molar-refractivity contribution >= 4 is 29.0 Å². The largest absolute Gasteiger partial charge is 0.435 e. The first-order valence-corrected chi connectivity index (χ1v) is 11.4. The molecule has 0 aromatic heterocycles. The second-order valence-electron chi connectivity index (χ2n) is 8.44. The van der Waals surface area contributed by atoms with E-state index in [1.807, 2.05) is 4.90 Å². The van der Waals surface area contributed by atoms with Crippen molar-refractivity contribution in [2.24, 2.45) is 5.73 Å². The summed E-state index contributed by atoms with van der Waals surface area (Å²) in [4.78, 5) is 16.8. The molecule has 2 atom stereocenters. The Kier molecular flexibility index (Phi) is 7.55. The first kappa shape index (κ1) is 26.0. The van der Waals surface area contributed by atoms with E-state index in [4.69, 9.17) is 27.5 Å². The van der Waals surface area contributed by atoms with Crippen LogP contribution in [-0.2, 0) is 10.5 Å². The Labute approximate surface area is 210 Å². The highest BCUT2D eigenvalue weighted by molar-refractivity contribution is 6.37. The molecule has 2 saturated heterocycles. The van der Waals surface area contributed by atoms with Crippen LogP contribution in [0.2, 0.25) is 5.02 Å². The van der Waals surface area contributed by atoms with Crippen molar-refractivity contribution in [1.82, 2.24) is 9.80 Å². The SMILES string of the molecule is N=C(F)/C(=C\N)c1cccc(C(=O)N2CCN3C[C@@](O)(c4ccc(OC(F)F)cc4)OC[C@@H]3C2)c1Cl. The Hall–Kier alpha value is -3.12. The van der Waals surface area contributed by atoms with E-state index >= 15 is 0 Å². The van der Waals surface area contributed by atoms with Gasteiger partial charge in [-0.15, -0.1) is 0 Å². The van der Waals surface area contributed by atoms with Gasteiger partial charge in [0.15, 0.2) is 0 Å². The van der Waals surface area contributed by atoms with Gasteiger partial charge in [0.05, 0.1) is 35.4 Å². The summed E-state index contributed by atoms with van der Waals surface area (Å²) in [5.74, 6) is -3.30. The van der Waals surface area contributed by atoms with Crippen molar-refractivity contribution in [3.8, 4) is 5.75 Å². The summed E-state index contributed by atoms with van der Waals surface area (Å²) in [5.41, 5.74) is 5.92. The van der Waals surface area contributed by atoms with Crippen LogP contribution < -0.4 is 10.5 Å². The first-order chi connectivity index (χ1) is 17.1. The predicted molar refractivity (Wildman–Crippen MR) is 127 cm³/mol. The van der Waals surface area contributed by atoms with Crippen LogP contribution in [0.3, 0.4) is 0 Å². The van der Waals surface area contributed by atoms with Crippen molar-refractivity contribution in [2.45, 2.75) is 18.4 Å². The number of hydrogen-bond acceptors (Lipinski definition) is 7. The van der Waals surface area contributed by atoms with E-state index in [-0.39, 0.29) is 52.6 Å². The highest BCUT2D eigenvalue weighted by Gasteiger charge is 2.43. The fourth-order valence-corrected chi connectivity index (χ4v) is 4.74. The molecule has 2 heterocycles. The smallest absolute Gasteiger partial charge is 0.387 e. The fourth-order valence-electron chi connectivity index (χ4n) is 4.43. The number of amides is 1. The number of allylic oxidation sites excluding steroid dienone is 1. The predicted octanol–water partition coefficient (Wildman–Crippen LogP) is 3.19. The van der Waals surface area contributed by atoms with Gasteiger partial charge in [-0.05, 0) is 30.3 Å². The van der Waals surface area contributed by atoms with Gasteiger partial charge < -0.3 is 25.2 Å². The van der Waals surface area contributed by atoms with Gasteiger partial charge in [0, 0.05) is 37.0 Å². The molecule has 0 bridgehead atoms. The normalized spacial score (nSPS) is 22.9. The highest BCUT2D eigenvalue weighted by Crippen LogP contribution is 2.33. The summed E-state index contributed by atoms with van der Waals surface area (Å²) < 4.78 is 48.5. The molecule has 0 saturated carbocycles. The Morgan fingerprint density at radius 1 is 1.25 bits per heavy atom. The molecule has 2 aliphatic heterocycles. The Morgan fingerprint density at radius 2 is 1.94 bits per heavy atom. The highest BCUT2D eigenvalue weighted by atomic mass is 35.5. The van der Waals surface area contributed by atoms with E-state index in [9.17, 15) is 23.1 Å². The molecule has 2 fully saturated rings. The van der Waals surface area contributed by atoms with Gasteiger partial charge in [0.2, 0.25) is 11.8 Å². The number of benzene rings is 2. The molecule has 2 aromatic carbocycles. The molecule has 1 amide bonds. The maximum atomic E-state index is 13.6. The number of piperazine rings is 1. The van der Waals surface area contributed by atoms with Crippen LogP contribution in [0.25, 0.3) is 5.57 Å². The number of carbonyl (C=O) groups excluding carboxylic acids is 1. The van der Waals surface area contributed by atoms with Crippen LogP contribution >= 0.6 is 11.6 Å². The van der Waals surface area contributed by atoms with Crippen LogP contribution in [0.4, 0.5) is 13.2 Å². The Bertz CT molecular complexity index is 1180. The average molecular weight is 525 g/mol. The van der Waals surface area contributed by atoms with Crippen LogP contribution in [0.5, 0.6) is 5.75 Å².